The van der Waals surface area contributed by atoms with Gasteiger partial charge in [-0.25, -0.2) is 4.79 Å². The standard InChI is InChI=1S/C16H21NO4/c1-10-4-5-13(6-14(10)16(19)20)15(18)9-17-7-11(2)21-12(3)8-17/h4-6,11-12H,7-9H2,1-3H3,(H,19,20). The SMILES string of the molecule is Cc1ccc(C(=O)CN2CC(C)OC(C)C2)cc1C(=O)O. The Bertz CT molecular complexity index is 545. The Morgan fingerprint density at radius 3 is 2.48 bits per heavy atom. The predicted octanol–water partition coefficient (Wildman–Crippen LogP) is 1.99. The predicted molar refractivity (Wildman–Crippen MR) is 78.9 cm³/mol. The van der Waals surface area contributed by atoms with Crippen molar-refractivity contribution >= 4 is 11.8 Å². The maximum atomic E-state index is 12.3. The number of Topliss-reactive ketones (excluding diaryl/α,β-unsaturated/α-hetero) is 1. The van der Waals surface area contributed by atoms with E-state index in [2.05, 4.69) is 4.90 Å². The van der Waals surface area contributed by atoms with E-state index >= 15 is 0 Å². The molecule has 1 aliphatic heterocycles. The molecule has 2 rings (SSSR count). The van der Waals surface area contributed by atoms with Gasteiger partial charge < -0.3 is 9.84 Å². The number of benzene rings is 1. The summed E-state index contributed by atoms with van der Waals surface area (Å²) in [6, 6.07) is 4.84. The molecule has 1 aliphatic rings. The zero-order valence-electron chi connectivity index (χ0n) is 12.6. The number of carboxylic acid groups (broad SMARTS) is 1. The summed E-state index contributed by atoms with van der Waals surface area (Å²) in [6.45, 7) is 7.42. The highest BCUT2D eigenvalue weighted by molar-refractivity contribution is 6.00. The molecule has 1 fully saturated rings. The van der Waals surface area contributed by atoms with E-state index < -0.39 is 5.97 Å². The van der Waals surface area contributed by atoms with Gasteiger partial charge in [-0.15, -0.1) is 0 Å². The molecule has 1 saturated heterocycles. The third-order valence-corrected chi connectivity index (χ3v) is 3.65. The van der Waals surface area contributed by atoms with Gasteiger partial charge in [0.05, 0.1) is 24.3 Å². The number of carbonyl (C=O) groups is 2. The van der Waals surface area contributed by atoms with E-state index in [1.54, 1.807) is 19.1 Å². The van der Waals surface area contributed by atoms with E-state index in [0.717, 1.165) is 0 Å². The minimum absolute atomic E-state index is 0.0567. The summed E-state index contributed by atoms with van der Waals surface area (Å²) in [5.74, 6) is -1.06. The Labute approximate surface area is 124 Å². The van der Waals surface area contributed by atoms with Crippen LogP contribution in [0.1, 0.15) is 40.1 Å². The number of aromatic carboxylic acids is 1. The molecule has 0 aromatic heterocycles. The van der Waals surface area contributed by atoms with Crippen LogP contribution in [0.2, 0.25) is 0 Å². The van der Waals surface area contributed by atoms with E-state index in [4.69, 9.17) is 9.84 Å². The average molecular weight is 291 g/mol. The van der Waals surface area contributed by atoms with Crippen LogP contribution in [0.5, 0.6) is 0 Å². The molecule has 0 bridgehead atoms. The van der Waals surface area contributed by atoms with Gasteiger partial charge >= 0.3 is 5.97 Å². The largest absolute Gasteiger partial charge is 0.478 e. The number of ether oxygens (including phenoxy) is 1. The topological polar surface area (TPSA) is 66.8 Å². The minimum Gasteiger partial charge on any atom is -0.478 e. The van der Waals surface area contributed by atoms with Gasteiger partial charge in [0.15, 0.2) is 5.78 Å². The molecule has 1 N–H and O–H groups in total. The molecule has 21 heavy (non-hydrogen) atoms. The van der Waals surface area contributed by atoms with Crippen LogP contribution >= 0.6 is 0 Å². The van der Waals surface area contributed by atoms with E-state index in [1.807, 2.05) is 13.8 Å². The molecule has 2 atom stereocenters. The zero-order valence-corrected chi connectivity index (χ0v) is 12.6. The summed E-state index contributed by atoms with van der Waals surface area (Å²) in [7, 11) is 0. The maximum Gasteiger partial charge on any atom is 0.335 e. The Hall–Kier alpha value is -1.72. The highest BCUT2D eigenvalue weighted by atomic mass is 16.5. The van der Waals surface area contributed by atoms with Gasteiger partial charge in [-0.3, -0.25) is 9.69 Å². The number of hydrogen-bond donors (Lipinski definition) is 1. The highest BCUT2D eigenvalue weighted by Crippen LogP contribution is 2.15. The monoisotopic (exact) mass is 291 g/mol. The van der Waals surface area contributed by atoms with Crippen molar-refractivity contribution in [2.24, 2.45) is 0 Å². The minimum atomic E-state index is -1.00. The van der Waals surface area contributed by atoms with Crippen LogP contribution in [0.15, 0.2) is 18.2 Å². The summed E-state index contributed by atoms with van der Waals surface area (Å²) < 4.78 is 5.64. The number of nitrogens with zero attached hydrogens (tertiary/aromatic N) is 1. The normalized spacial score (nSPS) is 23.0. The lowest BCUT2D eigenvalue weighted by Crippen LogP contribution is -2.47. The second-order valence-corrected chi connectivity index (χ2v) is 5.71. The van der Waals surface area contributed by atoms with E-state index in [0.29, 0.717) is 30.8 Å². The number of rotatable bonds is 4. The van der Waals surface area contributed by atoms with Crippen LogP contribution < -0.4 is 0 Å². The van der Waals surface area contributed by atoms with E-state index in [-0.39, 0.29) is 23.6 Å². The fourth-order valence-corrected chi connectivity index (χ4v) is 2.73. The Morgan fingerprint density at radius 2 is 1.90 bits per heavy atom. The van der Waals surface area contributed by atoms with Crippen molar-refractivity contribution in [1.82, 2.24) is 4.90 Å². The first-order chi connectivity index (χ1) is 9.86. The molecule has 5 heteroatoms. The molecular formula is C16H21NO4. The second kappa shape index (κ2) is 6.37. The molecule has 0 radical (unpaired) electrons. The molecule has 114 valence electrons. The fourth-order valence-electron chi connectivity index (χ4n) is 2.73. The van der Waals surface area contributed by atoms with Gasteiger partial charge in [-0.05, 0) is 32.4 Å². The van der Waals surface area contributed by atoms with Gasteiger partial charge in [-0.1, -0.05) is 12.1 Å². The zero-order chi connectivity index (χ0) is 15.6. The van der Waals surface area contributed by atoms with E-state index in [9.17, 15) is 9.59 Å². The molecule has 1 aromatic rings. The Kier molecular flexibility index (Phi) is 4.75. The molecule has 0 spiro atoms. The second-order valence-electron chi connectivity index (χ2n) is 5.71. The third kappa shape index (κ3) is 3.89. The first-order valence-corrected chi connectivity index (χ1v) is 7.11. The number of carbonyl (C=O) groups excluding carboxylic acids is 1. The van der Waals surface area contributed by atoms with Crippen molar-refractivity contribution in [2.75, 3.05) is 19.6 Å². The van der Waals surface area contributed by atoms with Crippen molar-refractivity contribution in [1.29, 1.82) is 0 Å². The Balaban J connectivity index is 2.10. The van der Waals surface area contributed by atoms with Gasteiger partial charge in [0, 0.05) is 18.7 Å². The summed E-state index contributed by atoms with van der Waals surface area (Å²) in [4.78, 5) is 25.5. The number of morpholine rings is 1. The number of hydrogen-bond acceptors (Lipinski definition) is 4. The fraction of sp³-hybridized carbons (Fsp3) is 0.500. The summed E-state index contributed by atoms with van der Waals surface area (Å²) >= 11 is 0. The smallest absolute Gasteiger partial charge is 0.335 e. The Morgan fingerprint density at radius 1 is 1.29 bits per heavy atom. The molecule has 2 unspecified atom stereocenters. The lowest BCUT2D eigenvalue weighted by atomic mass is 10.0. The molecule has 0 saturated carbocycles. The molecule has 5 nitrogen and oxygen atoms in total. The molecule has 1 aromatic carbocycles. The molecule has 0 aliphatic carbocycles. The first-order valence-electron chi connectivity index (χ1n) is 7.11. The van der Waals surface area contributed by atoms with E-state index in [1.165, 1.54) is 6.07 Å². The quantitative estimate of drug-likeness (QED) is 0.859. The number of aryl methyl sites for hydroxylation is 1. The lowest BCUT2D eigenvalue weighted by Gasteiger charge is -2.34. The maximum absolute atomic E-state index is 12.3. The van der Waals surface area contributed by atoms with Crippen LogP contribution in [0, 0.1) is 6.92 Å². The number of carboxylic acids is 1. The van der Waals surface area contributed by atoms with Crippen LogP contribution in [0.25, 0.3) is 0 Å². The van der Waals surface area contributed by atoms with Gasteiger partial charge in [0.2, 0.25) is 0 Å². The molecular weight excluding hydrogens is 270 g/mol. The lowest BCUT2D eigenvalue weighted by molar-refractivity contribution is -0.0652. The summed E-state index contributed by atoms with van der Waals surface area (Å²) in [5, 5.41) is 9.12. The van der Waals surface area contributed by atoms with Crippen LogP contribution in [-0.4, -0.2) is 53.6 Å². The van der Waals surface area contributed by atoms with Crippen molar-refractivity contribution in [3.05, 3.63) is 34.9 Å². The van der Waals surface area contributed by atoms with Gasteiger partial charge in [0.1, 0.15) is 0 Å². The van der Waals surface area contributed by atoms with Gasteiger partial charge in [-0.2, -0.15) is 0 Å². The van der Waals surface area contributed by atoms with Crippen molar-refractivity contribution < 1.29 is 19.4 Å². The first kappa shape index (κ1) is 15.7. The van der Waals surface area contributed by atoms with Crippen molar-refractivity contribution in [3.8, 4) is 0 Å². The molecule has 1 heterocycles. The average Bonchev–Trinajstić information content (AvgIpc) is 2.37. The molecule has 0 amide bonds. The van der Waals surface area contributed by atoms with Gasteiger partial charge in [0.25, 0.3) is 0 Å². The summed E-state index contributed by atoms with van der Waals surface area (Å²) in [6.07, 6.45) is 0.211. The van der Waals surface area contributed by atoms with Crippen LogP contribution in [-0.2, 0) is 4.74 Å². The highest BCUT2D eigenvalue weighted by Gasteiger charge is 2.24. The van der Waals surface area contributed by atoms with Crippen LogP contribution in [0.4, 0.5) is 0 Å². The summed E-state index contributed by atoms with van der Waals surface area (Å²) in [5.41, 5.74) is 1.29. The third-order valence-electron chi connectivity index (χ3n) is 3.65. The number of ketones is 1. The van der Waals surface area contributed by atoms with Crippen LogP contribution in [0.3, 0.4) is 0 Å². The van der Waals surface area contributed by atoms with Crippen molar-refractivity contribution in [3.63, 3.8) is 0 Å². The van der Waals surface area contributed by atoms with Crippen molar-refractivity contribution in [2.45, 2.75) is 33.0 Å².